The molecule has 27 heavy (non-hydrogen) atoms. The predicted octanol–water partition coefficient (Wildman–Crippen LogP) is 3.90. The first-order valence-corrected chi connectivity index (χ1v) is 8.94. The standard InChI is InChI=1S/C22H19N3O2/c26-21(18-6-4-9-20(14-18)24-13-5-10-22(24)27)12-11-17-15-23-25(16-17)19-7-2-1-3-8-19/h1-4,6-9,11-12,14-16H,5,10,13H2/b12-11+. The number of anilines is 1. The lowest BCUT2D eigenvalue weighted by molar-refractivity contribution is -0.117. The summed E-state index contributed by atoms with van der Waals surface area (Å²) in [4.78, 5) is 26.2. The van der Waals surface area contributed by atoms with Crippen LogP contribution in [0.5, 0.6) is 0 Å². The van der Waals surface area contributed by atoms with Gasteiger partial charge in [0.05, 0.1) is 11.9 Å². The molecule has 1 aliphatic heterocycles. The smallest absolute Gasteiger partial charge is 0.227 e. The van der Waals surface area contributed by atoms with Gasteiger partial charge in [-0.3, -0.25) is 9.59 Å². The molecular weight excluding hydrogens is 338 g/mol. The van der Waals surface area contributed by atoms with Crippen molar-refractivity contribution in [3.05, 3.63) is 84.2 Å². The Hall–Kier alpha value is -3.47. The van der Waals surface area contributed by atoms with Crippen molar-refractivity contribution in [2.75, 3.05) is 11.4 Å². The average molecular weight is 357 g/mol. The monoisotopic (exact) mass is 357 g/mol. The second kappa shape index (κ2) is 7.41. The third-order valence-electron chi connectivity index (χ3n) is 4.57. The van der Waals surface area contributed by atoms with Crippen molar-refractivity contribution >= 4 is 23.5 Å². The summed E-state index contributed by atoms with van der Waals surface area (Å²) < 4.78 is 1.77. The SMILES string of the molecule is O=C(/C=C/c1cnn(-c2ccccc2)c1)c1cccc(N2CCCC2=O)c1. The van der Waals surface area contributed by atoms with E-state index in [0.717, 1.165) is 23.4 Å². The quantitative estimate of drug-likeness (QED) is 0.514. The van der Waals surface area contributed by atoms with E-state index < -0.39 is 0 Å². The number of amides is 1. The number of para-hydroxylation sites is 1. The second-order valence-electron chi connectivity index (χ2n) is 6.45. The molecular formula is C22H19N3O2. The van der Waals surface area contributed by atoms with E-state index in [2.05, 4.69) is 5.10 Å². The van der Waals surface area contributed by atoms with Gasteiger partial charge in [-0.05, 0) is 42.8 Å². The molecule has 1 aromatic heterocycles. The highest BCUT2D eigenvalue weighted by atomic mass is 16.2. The van der Waals surface area contributed by atoms with E-state index in [4.69, 9.17) is 0 Å². The van der Waals surface area contributed by atoms with Crippen LogP contribution in [0.15, 0.2) is 73.1 Å². The summed E-state index contributed by atoms with van der Waals surface area (Å²) in [6, 6.07) is 17.0. The molecule has 0 bridgehead atoms. The molecule has 5 heteroatoms. The highest BCUT2D eigenvalue weighted by Crippen LogP contribution is 2.22. The first-order chi connectivity index (χ1) is 13.2. The van der Waals surface area contributed by atoms with Gasteiger partial charge in [-0.25, -0.2) is 4.68 Å². The molecule has 1 aliphatic rings. The van der Waals surface area contributed by atoms with Crippen molar-refractivity contribution in [2.24, 2.45) is 0 Å². The maximum atomic E-state index is 12.5. The van der Waals surface area contributed by atoms with Crippen LogP contribution in [0.1, 0.15) is 28.8 Å². The molecule has 134 valence electrons. The topological polar surface area (TPSA) is 55.2 Å². The van der Waals surface area contributed by atoms with Crippen LogP contribution in [-0.2, 0) is 4.79 Å². The van der Waals surface area contributed by atoms with Gasteiger partial charge in [-0.1, -0.05) is 30.3 Å². The molecule has 0 spiro atoms. The molecule has 0 radical (unpaired) electrons. The number of hydrogen-bond acceptors (Lipinski definition) is 3. The molecule has 0 atom stereocenters. The zero-order valence-corrected chi connectivity index (χ0v) is 14.8. The average Bonchev–Trinajstić information content (AvgIpc) is 3.36. The van der Waals surface area contributed by atoms with Crippen molar-refractivity contribution in [1.29, 1.82) is 0 Å². The van der Waals surface area contributed by atoms with Crippen molar-refractivity contribution in [3.8, 4) is 5.69 Å². The Morgan fingerprint density at radius 3 is 2.63 bits per heavy atom. The van der Waals surface area contributed by atoms with E-state index in [1.807, 2.05) is 48.7 Å². The maximum absolute atomic E-state index is 12.5. The Balaban J connectivity index is 1.49. The summed E-state index contributed by atoms with van der Waals surface area (Å²) in [5.74, 6) is 0.0134. The van der Waals surface area contributed by atoms with Crippen LogP contribution in [0, 0.1) is 0 Å². The molecule has 1 fully saturated rings. The minimum absolute atomic E-state index is 0.101. The molecule has 2 heterocycles. The molecule has 4 rings (SSSR count). The van der Waals surface area contributed by atoms with Crippen molar-refractivity contribution in [3.63, 3.8) is 0 Å². The number of hydrogen-bond donors (Lipinski definition) is 0. The van der Waals surface area contributed by atoms with E-state index in [-0.39, 0.29) is 11.7 Å². The van der Waals surface area contributed by atoms with Crippen LogP contribution in [0.4, 0.5) is 5.69 Å². The number of rotatable bonds is 5. The summed E-state index contributed by atoms with van der Waals surface area (Å²) in [5.41, 5.74) is 3.16. The van der Waals surface area contributed by atoms with E-state index >= 15 is 0 Å². The van der Waals surface area contributed by atoms with E-state index in [1.54, 1.807) is 34.0 Å². The van der Waals surface area contributed by atoms with Crippen LogP contribution >= 0.6 is 0 Å². The lowest BCUT2D eigenvalue weighted by atomic mass is 10.1. The second-order valence-corrected chi connectivity index (χ2v) is 6.45. The molecule has 1 amide bonds. The lowest BCUT2D eigenvalue weighted by Gasteiger charge is -2.16. The van der Waals surface area contributed by atoms with Gasteiger partial charge in [-0.2, -0.15) is 5.10 Å². The number of benzene rings is 2. The van der Waals surface area contributed by atoms with Crippen molar-refractivity contribution in [1.82, 2.24) is 9.78 Å². The Kier molecular flexibility index (Phi) is 4.66. The first kappa shape index (κ1) is 17.0. The highest BCUT2D eigenvalue weighted by molar-refractivity contribution is 6.08. The molecule has 0 aliphatic carbocycles. The normalized spacial score (nSPS) is 14.2. The number of carbonyl (C=O) groups is 2. The van der Waals surface area contributed by atoms with Crippen molar-refractivity contribution in [2.45, 2.75) is 12.8 Å². The first-order valence-electron chi connectivity index (χ1n) is 8.94. The highest BCUT2D eigenvalue weighted by Gasteiger charge is 2.22. The lowest BCUT2D eigenvalue weighted by Crippen LogP contribution is -2.23. The van der Waals surface area contributed by atoms with Crippen LogP contribution < -0.4 is 4.90 Å². The van der Waals surface area contributed by atoms with Gasteiger partial charge in [0.2, 0.25) is 5.91 Å². The van der Waals surface area contributed by atoms with Crippen molar-refractivity contribution < 1.29 is 9.59 Å². The molecule has 0 unspecified atom stereocenters. The Labute approximate surface area is 157 Å². The van der Waals surface area contributed by atoms with E-state index in [1.165, 1.54) is 6.08 Å². The minimum atomic E-state index is -0.101. The van der Waals surface area contributed by atoms with Gasteiger partial charge in [0.25, 0.3) is 0 Å². The molecule has 3 aromatic rings. The minimum Gasteiger partial charge on any atom is -0.312 e. The van der Waals surface area contributed by atoms with Gasteiger partial charge in [0.1, 0.15) is 0 Å². The third-order valence-corrected chi connectivity index (χ3v) is 4.57. The van der Waals surface area contributed by atoms with Gasteiger partial charge >= 0.3 is 0 Å². The zero-order chi connectivity index (χ0) is 18.6. The summed E-state index contributed by atoms with van der Waals surface area (Å²) in [6.07, 6.45) is 8.32. The molecule has 1 saturated heterocycles. The summed E-state index contributed by atoms with van der Waals surface area (Å²) in [7, 11) is 0. The number of nitrogens with zero attached hydrogens (tertiary/aromatic N) is 3. The molecule has 2 aromatic carbocycles. The number of carbonyl (C=O) groups excluding carboxylic acids is 2. The number of allylic oxidation sites excluding steroid dienone is 1. The number of aromatic nitrogens is 2. The Morgan fingerprint density at radius 1 is 1.04 bits per heavy atom. The fourth-order valence-electron chi connectivity index (χ4n) is 3.16. The Bertz CT molecular complexity index is 1010. The van der Waals surface area contributed by atoms with Gasteiger partial charge < -0.3 is 4.90 Å². The fourth-order valence-corrected chi connectivity index (χ4v) is 3.16. The van der Waals surface area contributed by atoms with Crippen LogP contribution in [0.2, 0.25) is 0 Å². The van der Waals surface area contributed by atoms with E-state index in [0.29, 0.717) is 18.5 Å². The zero-order valence-electron chi connectivity index (χ0n) is 14.8. The van der Waals surface area contributed by atoms with E-state index in [9.17, 15) is 9.59 Å². The number of ketones is 1. The molecule has 5 nitrogen and oxygen atoms in total. The third kappa shape index (κ3) is 3.72. The predicted molar refractivity (Wildman–Crippen MR) is 105 cm³/mol. The summed E-state index contributed by atoms with van der Waals surface area (Å²) in [5, 5.41) is 4.32. The molecule has 0 N–H and O–H groups in total. The van der Waals surface area contributed by atoms with Gasteiger partial charge in [-0.15, -0.1) is 0 Å². The van der Waals surface area contributed by atoms with Crippen LogP contribution in [0.25, 0.3) is 11.8 Å². The molecule has 0 saturated carbocycles. The fraction of sp³-hybridized carbons (Fsp3) is 0.136. The van der Waals surface area contributed by atoms with Crippen LogP contribution in [-0.4, -0.2) is 28.0 Å². The maximum Gasteiger partial charge on any atom is 0.227 e. The van der Waals surface area contributed by atoms with Gasteiger partial charge in [0.15, 0.2) is 5.78 Å². The van der Waals surface area contributed by atoms with Crippen LogP contribution in [0.3, 0.4) is 0 Å². The van der Waals surface area contributed by atoms with Gasteiger partial charge in [0, 0.05) is 36.0 Å². The summed E-state index contributed by atoms with van der Waals surface area (Å²) in [6.45, 7) is 0.713. The Morgan fingerprint density at radius 2 is 1.85 bits per heavy atom. The summed E-state index contributed by atoms with van der Waals surface area (Å²) >= 11 is 0. The largest absolute Gasteiger partial charge is 0.312 e.